The van der Waals surface area contributed by atoms with Gasteiger partial charge in [-0.15, -0.1) is 0 Å². The number of aliphatic hydroxyl groups excluding tert-OH is 2. The molecule has 0 aromatic carbocycles. The third kappa shape index (κ3) is 55.4. The minimum atomic E-state index is -0.848. The molecule has 2 atom stereocenters. The molecule has 6 nitrogen and oxygen atoms in total. The lowest BCUT2D eigenvalue weighted by molar-refractivity contribution is -0.143. The SMILES string of the molecule is CCCCC/C=C\C/C=C\CCCCCCCCCC(=O)OCCCCCCCCCCCCCCCCCCCCC(=O)NC(CO)C(O)/C=C/CCCCCCCCCCCCCCCCCC. The van der Waals surface area contributed by atoms with Gasteiger partial charge in [-0.05, 0) is 64.2 Å². The van der Waals surface area contributed by atoms with E-state index in [0.717, 1.165) is 51.4 Å². The second kappa shape index (κ2) is 59.6. The number of hydrogen-bond donors (Lipinski definition) is 3. The standard InChI is InChI=1S/C64H121NO5/c1-3-5-7-9-11-13-15-17-19-21-25-28-32-36-40-44-48-52-56-62(67)61(60-66)65-63(68)57-53-49-45-41-37-33-29-26-22-23-27-31-35-39-43-47-51-55-59-70-64(69)58-54-50-46-42-38-34-30-24-20-18-16-14-12-10-8-6-4-2/h12,14,18,20,52,56,61-62,66-67H,3-11,13,15-17,19,21-51,53-55,57-60H2,1-2H3,(H,65,68)/b14-12-,20-18-,56-52+. The maximum Gasteiger partial charge on any atom is 0.305 e. The zero-order chi connectivity index (χ0) is 50.7. The molecule has 0 fully saturated rings. The fourth-order valence-corrected chi connectivity index (χ4v) is 9.61. The Morgan fingerprint density at radius 2 is 0.714 bits per heavy atom. The highest BCUT2D eigenvalue weighted by Gasteiger charge is 2.18. The number of ether oxygens (including phenoxy) is 1. The quantitative estimate of drug-likeness (QED) is 0.0321. The molecule has 0 bridgehead atoms. The smallest absolute Gasteiger partial charge is 0.305 e. The topological polar surface area (TPSA) is 95.9 Å². The van der Waals surface area contributed by atoms with Gasteiger partial charge in [0.15, 0.2) is 0 Å². The summed E-state index contributed by atoms with van der Waals surface area (Å²) < 4.78 is 5.49. The summed E-state index contributed by atoms with van der Waals surface area (Å²) in [4.78, 5) is 24.6. The number of esters is 1. The first kappa shape index (κ1) is 68.1. The van der Waals surface area contributed by atoms with E-state index in [1.54, 1.807) is 6.08 Å². The van der Waals surface area contributed by atoms with Crippen molar-refractivity contribution >= 4 is 11.9 Å². The molecule has 70 heavy (non-hydrogen) atoms. The summed E-state index contributed by atoms with van der Waals surface area (Å²) in [5, 5.41) is 23.2. The van der Waals surface area contributed by atoms with Crippen LogP contribution in [0.3, 0.4) is 0 Å². The van der Waals surface area contributed by atoms with Crippen LogP contribution in [0, 0.1) is 0 Å². The van der Waals surface area contributed by atoms with Crippen molar-refractivity contribution in [2.45, 2.75) is 347 Å². The Labute approximate surface area is 436 Å². The van der Waals surface area contributed by atoms with E-state index < -0.39 is 12.1 Å². The first-order chi connectivity index (χ1) is 34.5. The molecule has 0 aromatic heterocycles. The van der Waals surface area contributed by atoms with Crippen molar-refractivity contribution in [3.8, 4) is 0 Å². The molecule has 412 valence electrons. The minimum absolute atomic E-state index is 0.00103. The van der Waals surface area contributed by atoms with Crippen molar-refractivity contribution in [3.63, 3.8) is 0 Å². The number of nitrogens with one attached hydrogen (secondary N) is 1. The number of carbonyl (C=O) groups is 2. The first-order valence-corrected chi connectivity index (χ1v) is 31.3. The molecule has 0 radical (unpaired) electrons. The lowest BCUT2D eigenvalue weighted by Gasteiger charge is -2.20. The second-order valence-corrected chi connectivity index (χ2v) is 21.4. The molecule has 0 aliphatic heterocycles. The largest absolute Gasteiger partial charge is 0.466 e. The Morgan fingerprint density at radius 1 is 0.400 bits per heavy atom. The van der Waals surface area contributed by atoms with E-state index in [9.17, 15) is 19.8 Å². The zero-order valence-corrected chi connectivity index (χ0v) is 47.0. The highest BCUT2D eigenvalue weighted by molar-refractivity contribution is 5.76. The third-order valence-electron chi connectivity index (χ3n) is 14.4. The first-order valence-electron chi connectivity index (χ1n) is 31.3. The maximum atomic E-state index is 12.5. The van der Waals surface area contributed by atoms with Crippen LogP contribution in [0.1, 0.15) is 335 Å². The van der Waals surface area contributed by atoms with Crippen LogP contribution in [0.2, 0.25) is 0 Å². The van der Waals surface area contributed by atoms with Gasteiger partial charge in [-0.2, -0.15) is 0 Å². The van der Waals surface area contributed by atoms with Gasteiger partial charge in [-0.25, -0.2) is 0 Å². The number of hydrogen-bond acceptors (Lipinski definition) is 5. The summed E-state index contributed by atoms with van der Waals surface area (Å²) in [5.74, 6) is -0.0711. The number of amides is 1. The Hall–Kier alpha value is -1.92. The molecular formula is C64H121NO5. The van der Waals surface area contributed by atoms with E-state index in [1.807, 2.05) is 6.08 Å². The van der Waals surface area contributed by atoms with Crippen LogP contribution in [-0.4, -0.2) is 47.4 Å². The van der Waals surface area contributed by atoms with Crippen LogP contribution >= 0.6 is 0 Å². The zero-order valence-electron chi connectivity index (χ0n) is 47.0. The predicted octanol–water partition coefficient (Wildman–Crippen LogP) is 19.6. The molecule has 0 spiro atoms. The molecule has 0 aromatic rings. The Morgan fingerprint density at radius 3 is 1.11 bits per heavy atom. The lowest BCUT2D eigenvalue weighted by atomic mass is 10.0. The van der Waals surface area contributed by atoms with E-state index in [1.165, 1.54) is 257 Å². The van der Waals surface area contributed by atoms with Gasteiger partial charge in [0.25, 0.3) is 0 Å². The number of allylic oxidation sites excluding steroid dienone is 5. The van der Waals surface area contributed by atoms with E-state index >= 15 is 0 Å². The van der Waals surface area contributed by atoms with Crippen LogP contribution in [0.5, 0.6) is 0 Å². The number of aliphatic hydroxyl groups is 2. The summed E-state index contributed by atoms with van der Waals surface area (Å²) in [6, 6.07) is -0.632. The van der Waals surface area contributed by atoms with Crippen LogP contribution in [0.25, 0.3) is 0 Å². The average Bonchev–Trinajstić information content (AvgIpc) is 3.36. The number of unbranched alkanes of at least 4 members (excludes halogenated alkanes) is 43. The Kier molecular flexibility index (Phi) is 58.0. The fraction of sp³-hybridized carbons (Fsp3) is 0.875. The van der Waals surface area contributed by atoms with Crippen LogP contribution < -0.4 is 5.32 Å². The predicted molar refractivity (Wildman–Crippen MR) is 306 cm³/mol. The molecule has 3 N–H and O–H groups in total. The van der Waals surface area contributed by atoms with Crippen LogP contribution in [-0.2, 0) is 14.3 Å². The third-order valence-corrected chi connectivity index (χ3v) is 14.4. The molecule has 0 aliphatic carbocycles. The highest BCUT2D eigenvalue weighted by atomic mass is 16.5. The molecular weight excluding hydrogens is 863 g/mol. The molecule has 6 heteroatoms. The van der Waals surface area contributed by atoms with Gasteiger partial charge in [-0.1, -0.05) is 294 Å². The van der Waals surface area contributed by atoms with Crippen molar-refractivity contribution in [3.05, 3.63) is 36.5 Å². The van der Waals surface area contributed by atoms with E-state index in [0.29, 0.717) is 19.4 Å². The summed E-state index contributed by atoms with van der Waals surface area (Å²) in [6.07, 6.45) is 74.6. The minimum Gasteiger partial charge on any atom is -0.466 e. The second-order valence-electron chi connectivity index (χ2n) is 21.4. The molecule has 0 saturated carbocycles. The summed E-state index contributed by atoms with van der Waals surface area (Å²) >= 11 is 0. The van der Waals surface area contributed by atoms with Gasteiger partial charge in [-0.3, -0.25) is 9.59 Å². The maximum absolute atomic E-state index is 12.5. The molecule has 0 aliphatic rings. The molecule has 1 amide bonds. The molecule has 0 rings (SSSR count). The highest BCUT2D eigenvalue weighted by Crippen LogP contribution is 2.17. The summed E-state index contributed by atoms with van der Waals surface area (Å²) in [6.45, 7) is 4.89. The molecule has 0 saturated heterocycles. The Bertz CT molecular complexity index is 1130. The fourth-order valence-electron chi connectivity index (χ4n) is 9.61. The van der Waals surface area contributed by atoms with Crippen molar-refractivity contribution in [2.75, 3.05) is 13.2 Å². The van der Waals surface area contributed by atoms with Crippen molar-refractivity contribution < 1.29 is 24.5 Å². The van der Waals surface area contributed by atoms with Crippen molar-refractivity contribution in [1.29, 1.82) is 0 Å². The molecule has 2 unspecified atom stereocenters. The normalized spacial score (nSPS) is 12.8. The summed E-state index contributed by atoms with van der Waals surface area (Å²) in [7, 11) is 0. The van der Waals surface area contributed by atoms with Crippen molar-refractivity contribution in [1.82, 2.24) is 5.32 Å². The molecule has 0 heterocycles. The van der Waals surface area contributed by atoms with Crippen molar-refractivity contribution in [2.24, 2.45) is 0 Å². The van der Waals surface area contributed by atoms with Gasteiger partial charge < -0.3 is 20.3 Å². The van der Waals surface area contributed by atoms with Gasteiger partial charge in [0.05, 0.1) is 25.4 Å². The van der Waals surface area contributed by atoms with E-state index in [-0.39, 0.29) is 18.5 Å². The van der Waals surface area contributed by atoms with E-state index in [2.05, 4.69) is 43.5 Å². The monoisotopic (exact) mass is 984 g/mol. The lowest BCUT2D eigenvalue weighted by Crippen LogP contribution is -2.45. The number of rotatable bonds is 58. The van der Waals surface area contributed by atoms with Crippen LogP contribution in [0.15, 0.2) is 36.5 Å². The Balaban J connectivity index is 3.43. The van der Waals surface area contributed by atoms with Gasteiger partial charge in [0, 0.05) is 12.8 Å². The average molecular weight is 985 g/mol. The van der Waals surface area contributed by atoms with Gasteiger partial charge in [0.2, 0.25) is 5.91 Å². The van der Waals surface area contributed by atoms with Gasteiger partial charge in [0.1, 0.15) is 0 Å². The van der Waals surface area contributed by atoms with E-state index in [4.69, 9.17) is 4.74 Å². The number of carbonyl (C=O) groups excluding carboxylic acids is 2. The summed E-state index contributed by atoms with van der Waals surface area (Å²) in [5.41, 5.74) is 0. The van der Waals surface area contributed by atoms with Gasteiger partial charge >= 0.3 is 5.97 Å². The van der Waals surface area contributed by atoms with Crippen LogP contribution in [0.4, 0.5) is 0 Å².